The molecule has 2 atom stereocenters. The quantitative estimate of drug-likeness (QED) is 0.824. The van der Waals surface area contributed by atoms with Gasteiger partial charge in [0.25, 0.3) is 0 Å². The van der Waals surface area contributed by atoms with Gasteiger partial charge in [-0.15, -0.1) is 0 Å². The van der Waals surface area contributed by atoms with Gasteiger partial charge in [-0.05, 0) is 68.8 Å². The van der Waals surface area contributed by atoms with Crippen LogP contribution in [0, 0.1) is 0 Å². The van der Waals surface area contributed by atoms with Crippen molar-refractivity contribution in [1.29, 1.82) is 0 Å². The normalized spacial score (nSPS) is 22.7. The second-order valence-corrected chi connectivity index (χ2v) is 6.49. The maximum absolute atomic E-state index is 5.50. The number of hydrogen-bond donors (Lipinski definition) is 1. The van der Waals surface area contributed by atoms with Crippen LogP contribution in [-0.4, -0.2) is 26.4 Å². The molecule has 1 saturated carbocycles. The van der Waals surface area contributed by atoms with E-state index in [1.807, 2.05) is 0 Å². The lowest BCUT2D eigenvalue weighted by Gasteiger charge is -2.20. The van der Waals surface area contributed by atoms with Crippen molar-refractivity contribution in [3.8, 4) is 5.75 Å². The fourth-order valence-corrected chi connectivity index (χ4v) is 4.21. The summed E-state index contributed by atoms with van der Waals surface area (Å²) in [6.07, 6.45) is 3.94. The van der Waals surface area contributed by atoms with Gasteiger partial charge in [0.1, 0.15) is 5.75 Å². The molecule has 2 unspecified atom stereocenters. The second-order valence-electron chi connectivity index (χ2n) is 4.79. The highest BCUT2D eigenvalue weighted by Crippen LogP contribution is 2.34. The predicted molar refractivity (Wildman–Crippen MR) is 83.7 cm³/mol. The minimum atomic E-state index is 0.352. The Bertz CT molecular complexity index is 416. The number of halogens is 2. The number of rotatable bonds is 5. The van der Waals surface area contributed by atoms with E-state index in [0.717, 1.165) is 27.7 Å². The number of benzene rings is 1. The third-order valence-corrected chi connectivity index (χ3v) is 4.76. The molecule has 1 fully saturated rings. The molecule has 5 heteroatoms. The molecule has 3 nitrogen and oxygen atoms in total. The predicted octanol–water partition coefficient (Wildman–Crippen LogP) is 3.88. The van der Waals surface area contributed by atoms with Crippen molar-refractivity contribution in [2.45, 2.75) is 38.0 Å². The zero-order valence-corrected chi connectivity index (χ0v) is 14.4. The summed E-state index contributed by atoms with van der Waals surface area (Å²) in [7, 11) is 3.47. The molecular formula is C14H19Br2NO2. The molecule has 0 amide bonds. The Labute approximate surface area is 131 Å². The molecule has 1 aliphatic carbocycles. The van der Waals surface area contributed by atoms with Gasteiger partial charge in [-0.3, -0.25) is 0 Å². The molecule has 1 aromatic carbocycles. The molecule has 106 valence electrons. The van der Waals surface area contributed by atoms with Crippen LogP contribution in [0.2, 0.25) is 0 Å². The van der Waals surface area contributed by atoms with Crippen molar-refractivity contribution in [2.75, 3.05) is 14.2 Å². The van der Waals surface area contributed by atoms with E-state index >= 15 is 0 Å². The van der Waals surface area contributed by atoms with Crippen molar-refractivity contribution in [1.82, 2.24) is 5.32 Å². The number of methoxy groups -OCH3 is 2. The molecule has 1 aliphatic rings. The average Bonchev–Trinajstić information content (AvgIpc) is 2.83. The molecule has 2 rings (SSSR count). The third-order valence-electron chi connectivity index (χ3n) is 3.59. The van der Waals surface area contributed by atoms with Crippen LogP contribution in [0.1, 0.15) is 24.8 Å². The Morgan fingerprint density at radius 3 is 2.47 bits per heavy atom. The van der Waals surface area contributed by atoms with Gasteiger partial charge in [-0.1, -0.05) is 0 Å². The van der Waals surface area contributed by atoms with E-state index < -0.39 is 0 Å². The van der Waals surface area contributed by atoms with Gasteiger partial charge in [-0.25, -0.2) is 0 Å². The lowest BCUT2D eigenvalue weighted by molar-refractivity contribution is 0.0847. The molecule has 19 heavy (non-hydrogen) atoms. The highest BCUT2D eigenvalue weighted by Gasteiger charge is 2.26. The van der Waals surface area contributed by atoms with Crippen LogP contribution < -0.4 is 10.1 Å². The van der Waals surface area contributed by atoms with Crippen LogP contribution in [0.4, 0.5) is 0 Å². The summed E-state index contributed by atoms with van der Waals surface area (Å²) < 4.78 is 12.7. The van der Waals surface area contributed by atoms with Gasteiger partial charge in [0, 0.05) is 19.7 Å². The van der Waals surface area contributed by atoms with Crippen LogP contribution in [0.5, 0.6) is 5.75 Å². The molecule has 0 heterocycles. The fraction of sp³-hybridized carbons (Fsp3) is 0.571. The SMILES string of the molecule is COc1c(Br)cc(CNC2CCCC2OC)cc1Br. The summed E-state index contributed by atoms with van der Waals surface area (Å²) in [5.41, 5.74) is 1.22. The molecule has 0 bridgehead atoms. The van der Waals surface area contributed by atoms with Gasteiger partial charge < -0.3 is 14.8 Å². The smallest absolute Gasteiger partial charge is 0.147 e. The molecular weight excluding hydrogens is 374 g/mol. The third kappa shape index (κ3) is 3.72. The first kappa shape index (κ1) is 15.3. The maximum atomic E-state index is 5.50. The van der Waals surface area contributed by atoms with E-state index in [4.69, 9.17) is 9.47 Å². The lowest BCUT2D eigenvalue weighted by Crippen LogP contribution is -2.36. The van der Waals surface area contributed by atoms with E-state index in [9.17, 15) is 0 Å². The van der Waals surface area contributed by atoms with Crippen molar-refractivity contribution in [2.24, 2.45) is 0 Å². The van der Waals surface area contributed by atoms with Crippen LogP contribution in [0.15, 0.2) is 21.1 Å². The number of ether oxygens (including phenoxy) is 2. The van der Waals surface area contributed by atoms with E-state index in [2.05, 4.69) is 49.3 Å². The van der Waals surface area contributed by atoms with Gasteiger partial charge in [0.2, 0.25) is 0 Å². The Balaban J connectivity index is 2.00. The fourth-order valence-electron chi connectivity index (χ4n) is 2.60. The summed E-state index contributed by atoms with van der Waals surface area (Å²) in [5, 5.41) is 3.58. The Kier molecular flexibility index (Phi) is 5.69. The van der Waals surface area contributed by atoms with E-state index in [1.165, 1.54) is 18.4 Å². The summed E-state index contributed by atoms with van der Waals surface area (Å²) >= 11 is 7.06. The van der Waals surface area contributed by atoms with E-state index in [-0.39, 0.29) is 0 Å². The summed E-state index contributed by atoms with van der Waals surface area (Å²) in [6, 6.07) is 4.64. The number of nitrogens with one attached hydrogen (secondary N) is 1. The highest BCUT2D eigenvalue weighted by atomic mass is 79.9. The highest BCUT2D eigenvalue weighted by molar-refractivity contribution is 9.11. The molecule has 0 saturated heterocycles. The molecule has 1 N–H and O–H groups in total. The largest absolute Gasteiger partial charge is 0.494 e. The molecule has 0 spiro atoms. The second kappa shape index (κ2) is 7.07. The Morgan fingerprint density at radius 1 is 1.21 bits per heavy atom. The molecule has 1 aromatic rings. The summed E-state index contributed by atoms with van der Waals surface area (Å²) in [5.74, 6) is 0.833. The Hall–Kier alpha value is -0.100. The van der Waals surface area contributed by atoms with E-state index in [0.29, 0.717) is 12.1 Å². The van der Waals surface area contributed by atoms with Crippen LogP contribution >= 0.6 is 31.9 Å². The first-order valence-corrected chi connectivity index (χ1v) is 8.02. The van der Waals surface area contributed by atoms with Gasteiger partial charge in [0.05, 0.1) is 22.2 Å². The summed E-state index contributed by atoms with van der Waals surface area (Å²) in [6.45, 7) is 0.839. The van der Waals surface area contributed by atoms with Gasteiger partial charge in [-0.2, -0.15) is 0 Å². The van der Waals surface area contributed by atoms with Crippen molar-refractivity contribution >= 4 is 31.9 Å². The van der Waals surface area contributed by atoms with E-state index in [1.54, 1.807) is 14.2 Å². The summed E-state index contributed by atoms with van der Waals surface area (Å²) in [4.78, 5) is 0. The first-order valence-electron chi connectivity index (χ1n) is 6.43. The standard InChI is InChI=1S/C14H19Br2NO2/c1-18-13-5-3-4-12(13)17-8-9-6-10(15)14(19-2)11(16)7-9/h6-7,12-13,17H,3-5,8H2,1-2H3. The van der Waals surface area contributed by atoms with Crippen LogP contribution in [-0.2, 0) is 11.3 Å². The van der Waals surface area contributed by atoms with Crippen LogP contribution in [0.25, 0.3) is 0 Å². The van der Waals surface area contributed by atoms with Crippen molar-refractivity contribution < 1.29 is 9.47 Å². The monoisotopic (exact) mass is 391 g/mol. The molecule has 0 aromatic heterocycles. The van der Waals surface area contributed by atoms with Crippen LogP contribution in [0.3, 0.4) is 0 Å². The minimum Gasteiger partial charge on any atom is -0.494 e. The zero-order valence-electron chi connectivity index (χ0n) is 11.2. The maximum Gasteiger partial charge on any atom is 0.147 e. The number of hydrogen-bond acceptors (Lipinski definition) is 3. The van der Waals surface area contributed by atoms with Gasteiger partial charge >= 0.3 is 0 Å². The Morgan fingerprint density at radius 2 is 1.89 bits per heavy atom. The average molecular weight is 393 g/mol. The minimum absolute atomic E-state index is 0.352. The van der Waals surface area contributed by atoms with Gasteiger partial charge in [0.15, 0.2) is 0 Å². The topological polar surface area (TPSA) is 30.5 Å². The lowest BCUT2D eigenvalue weighted by atomic mass is 10.1. The van der Waals surface area contributed by atoms with Crippen molar-refractivity contribution in [3.63, 3.8) is 0 Å². The zero-order chi connectivity index (χ0) is 13.8. The first-order chi connectivity index (χ1) is 9.15. The molecule has 0 radical (unpaired) electrons. The van der Waals surface area contributed by atoms with Crippen molar-refractivity contribution in [3.05, 3.63) is 26.6 Å². The molecule has 0 aliphatic heterocycles.